The van der Waals surface area contributed by atoms with Crippen molar-refractivity contribution in [1.29, 1.82) is 0 Å². The Kier molecular flexibility index (Phi) is 3.59. The molecule has 0 aliphatic carbocycles. The first-order valence-electron chi connectivity index (χ1n) is 5.90. The Morgan fingerprint density at radius 2 is 2.11 bits per heavy atom. The number of aromatic carboxylic acids is 1. The van der Waals surface area contributed by atoms with Crippen molar-refractivity contribution in [3.63, 3.8) is 0 Å². The van der Waals surface area contributed by atoms with Gasteiger partial charge in [0.15, 0.2) is 5.69 Å². The van der Waals surface area contributed by atoms with Crippen LogP contribution in [0.4, 0.5) is 4.39 Å². The van der Waals surface area contributed by atoms with Gasteiger partial charge in [0, 0.05) is 5.56 Å². The van der Waals surface area contributed by atoms with Gasteiger partial charge in [0.25, 0.3) is 0 Å². The van der Waals surface area contributed by atoms with Crippen LogP contribution < -0.4 is 0 Å². The van der Waals surface area contributed by atoms with Gasteiger partial charge in [-0.25, -0.2) is 13.9 Å². The van der Waals surface area contributed by atoms with Gasteiger partial charge < -0.3 is 5.11 Å². The van der Waals surface area contributed by atoms with Crippen molar-refractivity contribution in [3.05, 3.63) is 47.0 Å². The number of nitrogens with zero attached hydrogens (tertiary/aromatic N) is 3. The van der Waals surface area contributed by atoms with Gasteiger partial charge in [0.1, 0.15) is 5.82 Å². The number of benzene rings is 1. The van der Waals surface area contributed by atoms with Crippen LogP contribution in [0.5, 0.6) is 0 Å². The highest BCUT2D eigenvalue weighted by Crippen LogP contribution is 2.19. The second-order valence-corrected chi connectivity index (χ2v) is 4.53. The molecule has 0 aliphatic rings. The standard InChI is InChI=1S/C13H14FN3O2/c1-8(2)12-11(13(18)19)15-16-17(12)7-9-5-3-4-6-10(9)14/h3-6,8H,7H2,1-2H3,(H,18,19). The van der Waals surface area contributed by atoms with E-state index in [1.165, 1.54) is 10.7 Å². The lowest BCUT2D eigenvalue weighted by molar-refractivity contribution is 0.0688. The summed E-state index contributed by atoms with van der Waals surface area (Å²) >= 11 is 0. The summed E-state index contributed by atoms with van der Waals surface area (Å²) in [6.45, 7) is 3.87. The van der Waals surface area contributed by atoms with E-state index in [1.54, 1.807) is 18.2 Å². The highest BCUT2D eigenvalue weighted by Gasteiger charge is 2.21. The third-order valence-electron chi connectivity index (χ3n) is 2.80. The zero-order valence-corrected chi connectivity index (χ0v) is 10.7. The van der Waals surface area contributed by atoms with Crippen LogP contribution >= 0.6 is 0 Å². The molecular formula is C13H14FN3O2. The van der Waals surface area contributed by atoms with Crippen LogP contribution in [0.1, 0.15) is 41.5 Å². The Bertz CT molecular complexity index is 608. The molecule has 1 heterocycles. The Morgan fingerprint density at radius 1 is 1.42 bits per heavy atom. The van der Waals surface area contributed by atoms with E-state index in [0.717, 1.165) is 0 Å². The number of rotatable bonds is 4. The molecule has 0 radical (unpaired) electrons. The summed E-state index contributed by atoms with van der Waals surface area (Å²) in [5.74, 6) is -1.53. The lowest BCUT2D eigenvalue weighted by Gasteiger charge is -2.10. The summed E-state index contributed by atoms with van der Waals surface area (Å²) in [4.78, 5) is 11.1. The van der Waals surface area contributed by atoms with E-state index in [-0.39, 0.29) is 24.0 Å². The van der Waals surface area contributed by atoms with Gasteiger partial charge in [0.2, 0.25) is 0 Å². The SMILES string of the molecule is CC(C)c1c(C(=O)O)nnn1Cc1ccccc1F. The van der Waals surface area contributed by atoms with Gasteiger partial charge in [-0.05, 0) is 12.0 Å². The summed E-state index contributed by atoms with van der Waals surface area (Å²) in [5, 5.41) is 16.5. The van der Waals surface area contributed by atoms with Crippen molar-refractivity contribution >= 4 is 5.97 Å². The first kappa shape index (κ1) is 13.2. The number of halogens is 1. The largest absolute Gasteiger partial charge is 0.476 e. The van der Waals surface area contributed by atoms with Crippen LogP contribution in [0.15, 0.2) is 24.3 Å². The summed E-state index contributed by atoms with van der Waals surface area (Å²) in [7, 11) is 0. The lowest BCUT2D eigenvalue weighted by Crippen LogP contribution is -2.11. The summed E-state index contributed by atoms with van der Waals surface area (Å²) < 4.78 is 15.0. The average Bonchev–Trinajstić information content (AvgIpc) is 2.76. The van der Waals surface area contributed by atoms with Gasteiger partial charge in [-0.2, -0.15) is 0 Å². The third kappa shape index (κ3) is 2.62. The molecule has 0 fully saturated rings. The van der Waals surface area contributed by atoms with Crippen LogP contribution in [0.2, 0.25) is 0 Å². The zero-order chi connectivity index (χ0) is 14.0. The Hall–Kier alpha value is -2.24. The maximum Gasteiger partial charge on any atom is 0.358 e. The molecule has 1 aromatic heterocycles. The van der Waals surface area contributed by atoms with Gasteiger partial charge in [-0.3, -0.25) is 0 Å². The summed E-state index contributed by atoms with van der Waals surface area (Å²) in [6, 6.07) is 6.33. The fourth-order valence-electron chi connectivity index (χ4n) is 1.95. The van der Waals surface area contributed by atoms with Gasteiger partial charge in [-0.15, -0.1) is 5.10 Å². The molecular weight excluding hydrogens is 249 g/mol. The van der Waals surface area contributed by atoms with Gasteiger partial charge in [0.05, 0.1) is 12.2 Å². The quantitative estimate of drug-likeness (QED) is 0.918. The van der Waals surface area contributed by atoms with Crippen molar-refractivity contribution in [3.8, 4) is 0 Å². The molecule has 0 spiro atoms. The third-order valence-corrected chi connectivity index (χ3v) is 2.80. The van der Waals surface area contributed by atoms with E-state index in [0.29, 0.717) is 11.3 Å². The molecule has 0 bridgehead atoms. The molecule has 2 rings (SSSR count). The van der Waals surface area contributed by atoms with E-state index in [1.807, 2.05) is 13.8 Å². The maximum atomic E-state index is 13.6. The number of carbonyl (C=O) groups is 1. The molecule has 0 saturated heterocycles. The fraction of sp³-hybridized carbons (Fsp3) is 0.308. The van der Waals surface area contributed by atoms with Crippen LogP contribution in [0, 0.1) is 5.82 Å². The number of aromatic nitrogens is 3. The second kappa shape index (κ2) is 5.17. The number of hydrogen-bond acceptors (Lipinski definition) is 3. The number of hydrogen-bond donors (Lipinski definition) is 1. The number of carboxylic acid groups (broad SMARTS) is 1. The zero-order valence-electron chi connectivity index (χ0n) is 10.7. The number of carboxylic acids is 1. The molecule has 0 atom stereocenters. The first-order valence-corrected chi connectivity index (χ1v) is 5.90. The molecule has 1 aromatic carbocycles. The summed E-state index contributed by atoms with van der Waals surface area (Å²) in [6.07, 6.45) is 0. The van der Waals surface area contributed by atoms with Crippen LogP contribution in [0.3, 0.4) is 0 Å². The van der Waals surface area contributed by atoms with Crippen molar-refractivity contribution in [2.24, 2.45) is 0 Å². The highest BCUT2D eigenvalue weighted by molar-refractivity contribution is 5.86. The van der Waals surface area contributed by atoms with Gasteiger partial charge >= 0.3 is 5.97 Å². The molecule has 0 saturated carbocycles. The average molecular weight is 263 g/mol. The maximum absolute atomic E-state index is 13.6. The van der Waals surface area contributed by atoms with Crippen LogP contribution in [-0.2, 0) is 6.54 Å². The minimum atomic E-state index is -1.12. The second-order valence-electron chi connectivity index (χ2n) is 4.53. The van der Waals surface area contributed by atoms with Crippen molar-refractivity contribution in [2.75, 3.05) is 0 Å². The smallest absolute Gasteiger partial charge is 0.358 e. The molecule has 2 aromatic rings. The lowest BCUT2D eigenvalue weighted by atomic mass is 10.1. The minimum absolute atomic E-state index is 0.0622. The Morgan fingerprint density at radius 3 is 2.68 bits per heavy atom. The topological polar surface area (TPSA) is 68.0 Å². The van der Waals surface area contributed by atoms with E-state index >= 15 is 0 Å². The van der Waals surface area contributed by atoms with Gasteiger partial charge in [-0.1, -0.05) is 37.3 Å². The Labute approximate surface area is 109 Å². The molecule has 0 amide bonds. The van der Waals surface area contributed by atoms with E-state index in [4.69, 9.17) is 5.11 Å². The normalized spacial score (nSPS) is 10.9. The van der Waals surface area contributed by atoms with E-state index in [9.17, 15) is 9.18 Å². The molecule has 5 nitrogen and oxygen atoms in total. The molecule has 0 unspecified atom stereocenters. The monoisotopic (exact) mass is 263 g/mol. The Balaban J connectivity index is 2.41. The van der Waals surface area contributed by atoms with E-state index in [2.05, 4.69) is 10.3 Å². The fourth-order valence-corrected chi connectivity index (χ4v) is 1.95. The van der Waals surface area contributed by atoms with Crippen LogP contribution in [0.25, 0.3) is 0 Å². The van der Waals surface area contributed by atoms with Crippen molar-refractivity contribution < 1.29 is 14.3 Å². The molecule has 100 valence electrons. The predicted octanol–water partition coefficient (Wildman–Crippen LogP) is 2.29. The summed E-state index contributed by atoms with van der Waals surface area (Å²) in [5.41, 5.74) is 0.869. The first-order chi connectivity index (χ1) is 9.00. The highest BCUT2D eigenvalue weighted by atomic mass is 19.1. The minimum Gasteiger partial charge on any atom is -0.476 e. The molecule has 19 heavy (non-hydrogen) atoms. The molecule has 1 N–H and O–H groups in total. The van der Waals surface area contributed by atoms with Crippen LogP contribution in [-0.4, -0.2) is 26.1 Å². The van der Waals surface area contributed by atoms with Crippen molar-refractivity contribution in [2.45, 2.75) is 26.3 Å². The van der Waals surface area contributed by atoms with E-state index < -0.39 is 5.97 Å². The van der Waals surface area contributed by atoms with Crippen molar-refractivity contribution in [1.82, 2.24) is 15.0 Å². The molecule has 0 aliphatic heterocycles. The molecule has 6 heteroatoms. The predicted molar refractivity (Wildman–Crippen MR) is 66.6 cm³/mol.